The van der Waals surface area contributed by atoms with Crippen LogP contribution in [0.4, 0.5) is 15.9 Å². The van der Waals surface area contributed by atoms with Crippen molar-refractivity contribution in [2.45, 2.75) is 6.42 Å². The molecule has 2 amide bonds. The zero-order chi connectivity index (χ0) is 15.5. The third kappa shape index (κ3) is 2.95. The Morgan fingerprint density at radius 2 is 2.00 bits per heavy atom. The Morgan fingerprint density at radius 1 is 1.23 bits per heavy atom. The van der Waals surface area contributed by atoms with Gasteiger partial charge in [-0.05, 0) is 36.4 Å². The van der Waals surface area contributed by atoms with Crippen molar-refractivity contribution in [2.24, 2.45) is 5.92 Å². The van der Waals surface area contributed by atoms with E-state index >= 15 is 0 Å². The van der Waals surface area contributed by atoms with Crippen LogP contribution in [0.15, 0.2) is 48.7 Å². The predicted octanol–water partition coefficient (Wildman–Crippen LogP) is 2.21. The van der Waals surface area contributed by atoms with Gasteiger partial charge in [0.25, 0.3) is 0 Å². The first-order valence-electron chi connectivity index (χ1n) is 6.91. The standard InChI is InChI=1S/C16H14FN3O2/c17-12-4-6-13(7-5-12)20-10-11(9-15(20)21)16(22)19-14-3-1-2-8-18-14/h1-8,11H,9-10H2,(H,18,19,22)/t11-/m0/s1. The Morgan fingerprint density at radius 3 is 2.68 bits per heavy atom. The summed E-state index contributed by atoms with van der Waals surface area (Å²) in [4.78, 5) is 29.8. The quantitative estimate of drug-likeness (QED) is 0.945. The molecule has 2 aromatic rings. The SMILES string of the molecule is O=C(Nc1ccccn1)[C@H]1CC(=O)N(c2ccc(F)cc2)C1. The smallest absolute Gasteiger partial charge is 0.230 e. The van der Waals surface area contributed by atoms with Crippen molar-refractivity contribution in [1.82, 2.24) is 4.98 Å². The number of nitrogens with zero attached hydrogens (tertiary/aromatic N) is 2. The second-order valence-corrected chi connectivity index (χ2v) is 5.09. The average molecular weight is 299 g/mol. The van der Waals surface area contributed by atoms with E-state index in [2.05, 4.69) is 10.3 Å². The molecular formula is C16H14FN3O2. The van der Waals surface area contributed by atoms with Crippen LogP contribution in [0, 0.1) is 11.7 Å². The maximum absolute atomic E-state index is 12.9. The van der Waals surface area contributed by atoms with Crippen molar-refractivity contribution >= 4 is 23.3 Å². The summed E-state index contributed by atoms with van der Waals surface area (Å²) in [6, 6.07) is 10.9. The van der Waals surface area contributed by atoms with Gasteiger partial charge in [0, 0.05) is 24.8 Å². The minimum atomic E-state index is -0.445. The lowest BCUT2D eigenvalue weighted by atomic mass is 10.1. The van der Waals surface area contributed by atoms with Crippen LogP contribution < -0.4 is 10.2 Å². The van der Waals surface area contributed by atoms with Crippen molar-refractivity contribution in [3.8, 4) is 0 Å². The summed E-state index contributed by atoms with van der Waals surface area (Å²) >= 11 is 0. The Balaban J connectivity index is 1.69. The Labute approximate surface area is 126 Å². The number of amides is 2. The summed E-state index contributed by atoms with van der Waals surface area (Å²) < 4.78 is 12.9. The largest absolute Gasteiger partial charge is 0.312 e. The van der Waals surface area contributed by atoms with Crippen LogP contribution in [0.25, 0.3) is 0 Å². The fourth-order valence-electron chi connectivity index (χ4n) is 2.42. The molecular weight excluding hydrogens is 285 g/mol. The minimum absolute atomic E-state index is 0.135. The Kier molecular flexibility index (Phi) is 3.82. The highest BCUT2D eigenvalue weighted by molar-refractivity contribution is 6.03. The molecule has 2 heterocycles. The van der Waals surface area contributed by atoms with Gasteiger partial charge in [-0.15, -0.1) is 0 Å². The molecule has 0 bridgehead atoms. The van der Waals surface area contributed by atoms with Gasteiger partial charge in [-0.1, -0.05) is 6.07 Å². The lowest BCUT2D eigenvalue weighted by Gasteiger charge is -2.16. The van der Waals surface area contributed by atoms with Crippen LogP contribution in [0.3, 0.4) is 0 Å². The van der Waals surface area contributed by atoms with Crippen LogP contribution >= 0.6 is 0 Å². The van der Waals surface area contributed by atoms with Crippen molar-refractivity contribution in [3.63, 3.8) is 0 Å². The first-order valence-corrected chi connectivity index (χ1v) is 6.91. The van der Waals surface area contributed by atoms with Crippen LogP contribution in [-0.2, 0) is 9.59 Å². The van der Waals surface area contributed by atoms with E-state index in [9.17, 15) is 14.0 Å². The molecule has 6 heteroatoms. The number of carbonyl (C=O) groups excluding carboxylic acids is 2. The second-order valence-electron chi connectivity index (χ2n) is 5.09. The monoisotopic (exact) mass is 299 g/mol. The Hall–Kier alpha value is -2.76. The van der Waals surface area contributed by atoms with Gasteiger partial charge in [0.1, 0.15) is 11.6 Å². The number of rotatable bonds is 3. The maximum Gasteiger partial charge on any atom is 0.230 e. The highest BCUT2D eigenvalue weighted by atomic mass is 19.1. The number of aromatic nitrogens is 1. The number of benzene rings is 1. The highest BCUT2D eigenvalue weighted by Crippen LogP contribution is 2.26. The van der Waals surface area contributed by atoms with E-state index in [1.165, 1.54) is 29.2 Å². The third-order valence-corrected chi connectivity index (χ3v) is 3.55. The molecule has 0 aliphatic carbocycles. The number of pyridine rings is 1. The van der Waals surface area contributed by atoms with Gasteiger partial charge in [0.15, 0.2) is 0 Å². The molecule has 0 spiro atoms. The third-order valence-electron chi connectivity index (χ3n) is 3.55. The van der Waals surface area contributed by atoms with E-state index in [1.54, 1.807) is 24.4 Å². The van der Waals surface area contributed by atoms with Gasteiger partial charge in [-0.25, -0.2) is 9.37 Å². The van der Waals surface area contributed by atoms with E-state index in [1.807, 2.05) is 0 Å². The first kappa shape index (κ1) is 14.2. The summed E-state index contributed by atoms with van der Waals surface area (Å²) in [5.74, 6) is -0.732. The molecule has 112 valence electrons. The number of halogens is 1. The maximum atomic E-state index is 12.9. The first-order chi connectivity index (χ1) is 10.6. The van der Waals surface area contributed by atoms with Gasteiger partial charge in [0.05, 0.1) is 5.92 Å². The van der Waals surface area contributed by atoms with E-state index < -0.39 is 5.92 Å². The summed E-state index contributed by atoms with van der Waals surface area (Å²) in [5, 5.41) is 2.70. The summed E-state index contributed by atoms with van der Waals surface area (Å²) in [6.45, 7) is 0.281. The fourth-order valence-corrected chi connectivity index (χ4v) is 2.42. The highest BCUT2D eigenvalue weighted by Gasteiger charge is 2.35. The topological polar surface area (TPSA) is 62.3 Å². The predicted molar refractivity (Wildman–Crippen MR) is 79.7 cm³/mol. The summed E-state index contributed by atoms with van der Waals surface area (Å²) in [6.07, 6.45) is 1.72. The molecule has 0 unspecified atom stereocenters. The minimum Gasteiger partial charge on any atom is -0.312 e. The zero-order valence-electron chi connectivity index (χ0n) is 11.7. The zero-order valence-corrected chi connectivity index (χ0v) is 11.7. The Bertz CT molecular complexity index is 688. The second kappa shape index (κ2) is 5.93. The van der Waals surface area contributed by atoms with Crippen LogP contribution in [0.1, 0.15) is 6.42 Å². The van der Waals surface area contributed by atoms with E-state index in [0.717, 1.165) is 0 Å². The number of nitrogens with one attached hydrogen (secondary N) is 1. The van der Waals surface area contributed by atoms with Crippen LogP contribution in [0.5, 0.6) is 0 Å². The molecule has 1 atom stereocenters. The summed E-state index contributed by atoms with van der Waals surface area (Å²) in [5.41, 5.74) is 0.597. The molecule has 0 saturated carbocycles. The van der Waals surface area contributed by atoms with Crippen molar-refractivity contribution in [1.29, 1.82) is 0 Å². The molecule has 1 N–H and O–H groups in total. The van der Waals surface area contributed by atoms with Crippen molar-refractivity contribution in [2.75, 3.05) is 16.8 Å². The van der Waals surface area contributed by atoms with Crippen molar-refractivity contribution < 1.29 is 14.0 Å². The molecule has 5 nitrogen and oxygen atoms in total. The van der Waals surface area contributed by atoms with Crippen LogP contribution in [-0.4, -0.2) is 23.3 Å². The molecule has 22 heavy (non-hydrogen) atoms. The molecule has 1 aliphatic rings. The number of hydrogen-bond donors (Lipinski definition) is 1. The van der Waals surface area contributed by atoms with Gasteiger partial charge in [-0.2, -0.15) is 0 Å². The number of anilines is 2. The molecule has 1 saturated heterocycles. The van der Waals surface area contributed by atoms with Gasteiger partial charge < -0.3 is 10.2 Å². The van der Waals surface area contributed by atoms with E-state index in [4.69, 9.17) is 0 Å². The molecule has 3 rings (SSSR count). The molecule has 0 radical (unpaired) electrons. The molecule has 1 aromatic heterocycles. The lowest BCUT2D eigenvalue weighted by molar-refractivity contribution is -0.122. The molecule has 1 fully saturated rings. The van der Waals surface area contributed by atoms with Gasteiger partial charge in [0.2, 0.25) is 11.8 Å². The number of carbonyl (C=O) groups is 2. The fraction of sp³-hybridized carbons (Fsp3) is 0.188. The normalized spacial score (nSPS) is 17.6. The average Bonchev–Trinajstić information content (AvgIpc) is 2.91. The van der Waals surface area contributed by atoms with Crippen LogP contribution in [0.2, 0.25) is 0 Å². The number of hydrogen-bond acceptors (Lipinski definition) is 3. The van der Waals surface area contributed by atoms with Gasteiger partial charge in [-0.3, -0.25) is 9.59 Å². The lowest BCUT2D eigenvalue weighted by Crippen LogP contribution is -2.28. The summed E-state index contributed by atoms with van der Waals surface area (Å²) in [7, 11) is 0. The van der Waals surface area contributed by atoms with E-state index in [0.29, 0.717) is 11.5 Å². The molecule has 1 aromatic carbocycles. The van der Waals surface area contributed by atoms with Gasteiger partial charge >= 0.3 is 0 Å². The van der Waals surface area contributed by atoms with E-state index in [-0.39, 0.29) is 30.6 Å². The van der Waals surface area contributed by atoms with Crippen molar-refractivity contribution in [3.05, 3.63) is 54.5 Å². The molecule has 1 aliphatic heterocycles.